The molecule has 7 nitrogen and oxygen atoms in total. The van der Waals surface area contributed by atoms with Crippen molar-refractivity contribution in [1.82, 2.24) is 19.9 Å². The third-order valence-electron chi connectivity index (χ3n) is 6.16. The van der Waals surface area contributed by atoms with Crippen LogP contribution in [0, 0.1) is 11.6 Å². The van der Waals surface area contributed by atoms with Gasteiger partial charge in [-0.15, -0.1) is 0 Å². The first-order valence-corrected chi connectivity index (χ1v) is 11.4. The van der Waals surface area contributed by atoms with Gasteiger partial charge < -0.3 is 14.7 Å². The maximum Gasteiger partial charge on any atom is 0.227 e. The molecule has 2 aromatic heterocycles. The molecule has 4 heterocycles. The van der Waals surface area contributed by atoms with Gasteiger partial charge in [-0.2, -0.15) is 4.98 Å². The molecule has 172 valence electrons. The second-order valence-corrected chi connectivity index (χ2v) is 8.75. The van der Waals surface area contributed by atoms with E-state index in [1.165, 1.54) is 6.07 Å². The van der Waals surface area contributed by atoms with Crippen LogP contribution in [0.2, 0.25) is 5.15 Å². The third-order valence-corrected chi connectivity index (χ3v) is 6.43. The van der Waals surface area contributed by atoms with Gasteiger partial charge in [-0.1, -0.05) is 11.6 Å². The molecule has 3 aromatic rings. The SMILES string of the molecule is C[C@H]1CN(c2nccnc2Cl)CCN1c1cc(-c2ccc(F)c(F)c2)nc(N2CCCC2)n1. The maximum atomic E-state index is 14.0. The van der Waals surface area contributed by atoms with Crippen molar-refractivity contribution >= 4 is 29.2 Å². The van der Waals surface area contributed by atoms with E-state index in [1.807, 2.05) is 6.07 Å². The van der Waals surface area contributed by atoms with E-state index in [0.717, 1.165) is 37.8 Å². The van der Waals surface area contributed by atoms with Crippen LogP contribution >= 0.6 is 11.6 Å². The first-order chi connectivity index (χ1) is 16.0. The number of aromatic nitrogens is 4. The van der Waals surface area contributed by atoms with Gasteiger partial charge in [0.25, 0.3) is 0 Å². The van der Waals surface area contributed by atoms with E-state index < -0.39 is 11.6 Å². The predicted molar refractivity (Wildman–Crippen MR) is 125 cm³/mol. The highest BCUT2D eigenvalue weighted by atomic mass is 35.5. The number of hydrogen-bond donors (Lipinski definition) is 0. The molecule has 0 saturated carbocycles. The van der Waals surface area contributed by atoms with Crippen molar-refractivity contribution in [3.63, 3.8) is 0 Å². The minimum atomic E-state index is -0.891. The van der Waals surface area contributed by atoms with Crippen molar-refractivity contribution in [2.24, 2.45) is 0 Å². The van der Waals surface area contributed by atoms with Gasteiger partial charge in [0, 0.05) is 62.8 Å². The molecule has 2 saturated heterocycles. The lowest BCUT2D eigenvalue weighted by molar-refractivity contribution is 0.509. The average molecular weight is 472 g/mol. The standard InChI is InChI=1S/C23H24ClF2N7/c1-15-14-32(22-21(24)27-6-7-28-22)10-11-33(15)20-13-19(16-4-5-17(25)18(26)12-16)29-23(30-20)31-8-2-3-9-31/h4-7,12-13,15H,2-3,8-11,14H2,1H3/t15-/m0/s1. The Bertz CT molecular complexity index is 1160. The van der Waals surface area contributed by atoms with E-state index in [0.29, 0.717) is 47.8 Å². The Labute approximate surface area is 196 Å². The maximum absolute atomic E-state index is 14.0. The number of hydrogen-bond acceptors (Lipinski definition) is 7. The van der Waals surface area contributed by atoms with Crippen molar-refractivity contribution in [2.45, 2.75) is 25.8 Å². The highest BCUT2D eigenvalue weighted by molar-refractivity contribution is 6.31. The zero-order valence-electron chi connectivity index (χ0n) is 18.3. The third kappa shape index (κ3) is 4.42. The molecule has 2 aliphatic heterocycles. The summed E-state index contributed by atoms with van der Waals surface area (Å²) in [6.07, 6.45) is 5.38. The predicted octanol–water partition coefficient (Wildman–Crippen LogP) is 4.18. The van der Waals surface area contributed by atoms with Gasteiger partial charge in [-0.3, -0.25) is 0 Å². The Hall–Kier alpha value is -3.07. The van der Waals surface area contributed by atoms with Crippen LogP contribution in [-0.2, 0) is 0 Å². The molecule has 1 aromatic carbocycles. The Balaban J connectivity index is 1.47. The van der Waals surface area contributed by atoms with Gasteiger partial charge in [0.05, 0.1) is 5.69 Å². The van der Waals surface area contributed by atoms with Crippen LogP contribution < -0.4 is 14.7 Å². The van der Waals surface area contributed by atoms with Crippen molar-refractivity contribution in [3.05, 3.63) is 53.4 Å². The topological polar surface area (TPSA) is 61.3 Å². The Morgan fingerprint density at radius 3 is 2.42 bits per heavy atom. The average Bonchev–Trinajstić information content (AvgIpc) is 3.36. The molecule has 33 heavy (non-hydrogen) atoms. The van der Waals surface area contributed by atoms with E-state index in [9.17, 15) is 8.78 Å². The zero-order valence-corrected chi connectivity index (χ0v) is 19.0. The second kappa shape index (κ2) is 9.05. The molecule has 1 atom stereocenters. The fourth-order valence-electron chi connectivity index (χ4n) is 4.45. The lowest BCUT2D eigenvalue weighted by Crippen LogP contribution is -2.52. The van der Waals surface area contributed by atoms with E-state index in [2.05, 4.69) is 31.6 Å². The molecule has 0 amide bonds. The first kappa shape index (κ1) is 21.8. The minimum absolute atomic E-state index is 0.107. The smallest absolute Gasteiger partial charge is 0.227 e. The first-order valence-electron chi connectivity index (χ1n) is 11.1. The number of nitrogens with zero attached hydrogens (tertiary/aromatic N) is 7. The highest BCUT2D eigenvalue weighted by Crippen LogP contribution is 2.30. The Kier molecular flexibility index (Phi) is 5.97. The monoisotopic (exact) mass is 471 g/mol. The lowest BCUT2D eigenvalue weighted by Gasteiger charge is -2.41. The molecular formula is C23H24ClF2N7. The molecule has 0 radical (unpaired) electrons. The summed E-state index contributed by atoms with van der Waals surface area (Å²) in [4.78, 5) is 24.6. The van der Waals surface area contributed by atoms with Gasteiger partial charge in [0.1, 0.15) is 5.82 Å². The van der Waals surface area contributed by atoms with Crippen LogP contribution in [0.25, 0.3) is 11.3 Å². The molecular weight excluding hydrogens is 448 g/mol. The quantitative estimate of drug-likeness (QED) is 0.565. The Morgan fingerprint density at radius 1 is 0.909 bits per heavy atom. The van der Waals surface area contributed by atoms with Crippen molar-refractivity contribution in [2.75, 3.05) is 47.4 Å². The van der Waals surface area contributed by atoms with E-state index in [4.69, 9.17) is 21.6 Å². The summed E-state index contributed by atoms with van der Waals surface area (Å²) in [5.41, 5.74) is 1.10. The van der Waals surface area contributed by atoms with Crippen LogP contribution in [0.4, 0.5) is 26.4 Å². The summed E-state index contributed by atoms with van der Waals surface area (Å²) in [6.45, 7) is 5.98. The van der Waals surface area contributed by atoms with E-state index in [1.54, 1.807) is 18.5 Å². The van der Waals surface area contributed by atoms with Crippen molar-refractivity contribution < 1.29 is 8.78 Å². The van der Waals surface area contributed by atoms with E-state index >= 15 is 0 Å². The molecule has 0 aliphatic carbocycles. The second-order valence-electron chi connectivity index (χ2n) is 8.39. The molecule has 2 fully saturated rings. The van der Waals surface area contributed by atoms with Gasteiger partial charge >= 0.3 is 0 Å². The van der Waals surface area contributed by atoms with Crippen LogP contribution in [0.5, 0.6) is 0 Å². The van der Waals surface area contributed by atoms with Crippen LogP contribution in [0.3, 0.4) is 0 Å². The van der Waals surface area contributed by atoms with Gasteiger partial charge in [-0.25, -0.2) is 23.7 Å². The lowest BCUT2D eigenvalue weighted by atomic mass is 10.1. The summed E-state index contributed by atoms with van der Waals surface area (Å²) in [5, 5.41) is 0.386. The zero-order chi connectivity index (χ0) is 22.9. The molecule has 5 rings (SSSR count). The summed E-state index contributed by atoms with van der Waals surface area (Å²) in [5.74, 6) is 0.298. The largest absolute Gasteiger partial charge is 0.350 e. The number of benzene rings is 1. The van der Waals surface area contributed by atoms with E-state index in [-0.39, 0.29) is 6.04 Å². The summed E-state index contributed by atoms with van der Waals surface area (Å²) in [6, 6.07) is 5.83. The molecule has 0 bridgehead atoms. The van der Waals surface area contributed by atoms with Crippen molar-refractivity contribution in [3.8, 4) is 11.3 Å². The van der Waals surface area contributed by atoms with Crippen molar-refractivity contribution in [1.29, 1.82) is 0 Å². The van der Waals surface area contributed by atoms with Gasteiger partial charge in [0.2, 0.25) is 5.95 Å². The summed E-state index contributed by atoms with van der Waals surface area (Å²) >= 11 is 6.25. The fourth-order valence-corrected chi connectivity index (χ4v) is 4.67. The van der Waals surface area contributed by atoms with Gasteiger partial charge in [-0.05, 0) is 38.0 Å². The molecule has 10 heteroatoms. The molecule has 2 aliphatic rings. The highest BCUT2D eigenvalue weighted by Gasteiger charge is 2.28. The fraction of sp³-hybridized carbons (Fsp3) is 0.391. The van der Waals surface area contributed by atoms with Crippen LogP contribution in [0.15, 0.2) is 36.7 Å². The number of halogens is 3. The molecule has 0 N–H and O–H groups in total. The summed E-state index contributed by atoms with van der Waals surface area (Å²) < 4.78 is 27.5. The van der Waals surface area contributed by atoms with Crippen LogP contribution in [-0.4, -0.2) is 58.7 Å². The summed E-state index contributed by atoms with van der Waals surface area (Å²) in [7, 11) is 0. The Morgan fingerprint density at radius 2 is 1.70 bits per heavy atom. The molecule has 0 unspecified atom stereocenters. The van der Waals surface area contributed by atoms with Gasteiger partial charge in [0.15, 0.2) is 22.6 Å². The van der Waals surface area contributed by atoms with Crippen LogP contribution in [0.1, 0.15) is 19.8 Å². The normalized spacial score (nSPS) is 18.8. The minimum Gasteiger partial charge on any atom is -0.350 e. The number of rotatable bonds is 4. The molecule has 0 spiro atoms. The number of piperazine rings is 1. The number of anilines is 3.